The number of hydrogen-bond donors (Lipinski definition) is 1. The Kier molecular flexibility index (Phi) is 4.62. The van der Waals surface area contributed by atoms with E-state index in [2.05, 4.69) is 20.3 Å². The highest BCUT2D eigenvalue weighted by molar-refractivity contribution is 6.30. The number of halogens is 4. The Morgan fingerprint density at radius 1 is 1.25 bits per heavy atom. The van der Waals surface area contributed by atoms with Crippen LogP contribution in [0.5, 0.6) is 11.8 Å². The molecule has 0 amide bonds. The molecule has 1 aliphatic heterocycles. The van der Waals surface area contributed by atoms with Crippen molar-refractivity contribution >= 4 is 28.3 Å². The van der Waals surface area contributed by atoms with Gasteiger partial charge in [0.2, 0.25) is 0 Å². The third-order valence-electron chi connectivity index (χ3n) is 4.14. The van der Waals surface area contributed by atoms with E-state index in [4.69, 9.17) is 21.1 Å². The lowest BCUT2D eigenvalue weighted by atomic mass is 10.1. The summed E-state index contributed by atoms with van der Waals surface area (Å²) in [6.07, 6.45) is -3.73. The normalized spacial score (nSPS) is 17.0. The highest BCUT2D eigenvalue weighted by atomic mass is 35.5. The SMILES string of the molecule is CC1COc2nc(c3cc(Cl)ncc3n2)NCc2cccc(C(F)(F)F)c2O1. The molecule has 2 bridgehead atoms. The molecule has 0 spiro atoms. The summed E-state index contributed by atoms with van der Waals surface area (Å²) in [7, 11) is 0. The van der Waals surface area contributed by atoms with Crippen molar-refractivity contribution in [3.63, 3.8) is 0 Å². The zero-order valence-corrected chi connectivity index (χ0v) is 15.3. The fourth-order valence-electron chi connectivity index (χ4n) is 2.88. The maximum Gasteiger partial charge on any atom is 0.419 e. The van der Waals surface area contributed by atoms with Crippen LogP contribution in [-0.2, 0) is 12.7 Å². The number of alkyl halides is 3. The van der Waals surface area contributed by atoms with Gasteiger partial charge in [-0.05, 0) is 19.1 Å². The average molecular weight is 411 g/mol. The van der Waals surface area contributed by atoms with Crippen LogP contribution in [0.4, 0.5) is 19.0 Å². The number of anilines is 1. The van der Waals surface area contributed by atoms with Crippen molar-refractivity contribution in [3.05, 3.63) is 46.7 Å². The van der Waals surface area contributed by atoms with Gasteiger partial charge >= 0.3 is 12.2 Å². The van der Waals surface area contributed by atoms with E-state index >= 15 is 0 Å². The molecule has 6 nitrogen and oxygen atoms in total. The quantitative estimate of drug-likeness (QED) is 0.551. The maximum absolute atomic E-state index is 13.5. The molecule has 0 saturated heterocycles. The molecule has 0 saturated carbocycles. The molecular formula is C18H14ClF3N4O2. The van der Waals surface area contributed by atoms with Crippen molar-refractivity contribution in [2.24, 2.45) is 0 Å². The Hall–Kier alpha value is -2.81. The van der Waals surface area contributed by atoms with Crippen LogP contribution in [-0.4, -0.2) is 27.7 Å². The van der Waals surface area contributed by atoms with Gasteiger partial charge in [-0.25, -0.2) is 4.98 Å². The summed E-state index contributed by atoms with van der Waals surface area (Å²) in [5.74, 6) is 0.146. The molecule has 28 heavy (non-hydrogen) atoms. The van der Waals surface area contributed by atoms with E-state index < -0.39 is 17.8 Å². The predicted octanol–water partition coefficient (Wildman–Crippen LogP) is 4.47. The number of rotatable bonds is 0. The summed E-state index contributed by atoms with van der Waals surface area (Å²) in [6.45, 7) is 1.64. The van der Waals surface area contributed by atoms with Gasteiger partial charge in [-0.1, -0.05) is 23.7 Å². The Morgan fingerprint density at radius 2 is 2.07 bits per heavy atom. The highest BCUT2D eigenvalue weighted by Gasteiger charge is 2.36. The van der Waals surface area contributed by atoms with Crippen LogP contribution in [0.15, 0.2) is 30.5 Å². The van der Waals surface area contributed by atoms with Gasteiger partial charge in [-0.15, -0.1) is 0 Å². The van der Waals surface area contributed by atoms with Gasteiger partial charge in [0.1, 0.15) is 29.4 Å². The van der Waals surface area contributed by atoms with Gasteiger partial charge in [-0.3, -0.25) is 0 Å². The first kappa shape index (κ1) is 18.5. The summed E-state index contributed by atoms with van der Waals surface area (Å²) in [6, 6.07) is 5.55. The van der Waals surface area contributed by atoms with Gasteiger partial charge in [0.25, 0.3) is 0 Å². The molecule has 0 aliphatic carbocycles. The largest absolute Gasteiger partial charge is 0.486 e. The Bertz CT molecular complexity index is 1050. The number of benzene rings is 1. The number of nitrogens with zero attached hydrogens (tertiary/aromatic N) is 3. The second-order valence-electron chi connectivity index (χ2n) is 6.26. The number of nitrogens with one attached hydrogen (secondary N) is 1. The zero-order chi connectivity index (χ0) is 19.9. The summed E-state index contributed by atoms with van der Waals surface area (Å²) in [5, 5.41) is 3.86. The molecule has 2 aromatic heterocycles. The van der Waals surface area contributed by atoms with Gasteiger partial charge in [0, 0.05) is 17.5 Å². The molecule has 10 heteroatoms. The number of ether oxygens (including phenoxy) is 2. The van der Waals surface area contributed by atoms with Crippen molar-refractivity contribution < 1.29 is 22.6 Å². The smallest absolute Gasteiger partial charge is 0.419 e. The van der Waals surface area contributed by atoms with Crippen molar-refractivity contribution in [3.8, 4) is 11.8 Å². The minimum atomic E-state index is -4.55. The first-order valence-electron chi connectivity index (χ1n) is 8.37. The molecule has 146 valence electrons. The molecule has 1 unspecified atom stereocenters. The molecule has 0 fully saturated rings. The van der Waals surface area contributed by atoms with E-state index in [1.54, 1.807) is 19.1 Å². The van der Waals surface area contributed by atoms with Crippen LogP contribution in [0.1, 0.15) is 18.1 Å². The van der Waals surface area contributed by atoms with E-state index in [9.17, 15) is 13.2 Å². The molecule has 1 N–H and O–H groups in total. The first-order valence-corrected chi connectivity index (χ1v) is 8.75. The number of fused-ring (bicyclic) bond motifs is 5. The van der Waals surface area contributed by atoms with E-state index in [0.717, 1.165) is 6.07 Å². The number of hydrogen-bond acceptors (Lipinski definition) is 6. The monoisotopic (exact) mass is 410 g/mol. The molecule has 0 radical (unpaired) electrons. The third kappa shape index (κ3) is 3.62. The van der Waals surface area contributed by atoms with Crippen molar-refractivity contribution in [2.75, 3.05) is 11.9 Å². The highest BCUT2D eigenvalue weighted by Crippen LogP contribution is 2.39. The van der Waals surface area contributed by atoms with Crippen LogP contribution >= 0.6 is 11.6 Å². The topological polar surface area (TPSA) is 69.2 Å². The Balaban J connectivity index is 1.83. The van der Waals surface area contributed by atoms with Gasteiger partial charge < -0.3 is 14.8 Å². The summed E-state index contributed by atoms with van der Waals surface area (Å²) in [5.41, 5.74) is -0.00110. The first-order chi connectivity index (χ1) is 13.3. The van der Waals surface area contributed by atoms with Crippen molar-refractivity contribution in [1.82, 2.24) is 15.0 Å². The lowest BCUT2D eigenvalue weighted by Gasteiger charge is -2.21. The summed E-state index contributed by atoms with van der Waals surface area (Å²) < 4.78 is 51.5. The Morgan fingerprint density at radius 3 is 2.86 bits per heavy atom. The van der Waals surface area contributed by atoms with Crippen LogP contribution in [0.3, 0.4) is 0 Å². The van der Waals surface area contributed by atoms with Gasteiger partial charge in [-0.2, -0.15) is 23.1 Å². The van der Waals surface area contributed by atoms with E-state index in [0.29, 0.717) is 22.3 Å². The minimum Gasteiger partial charge on any atom is -0.486 e. The van der Waals surface area contributed by atoms with E-state index in [1.165, 1.54) is 12.3 Å². The predicted molar refractivity (Wildman–Crippen MR) is 96.7 cm³/mol. The van der Waals surface area contributed by atoms with Gasteiger partial charge in [0.05, 0.1) is 17.3 Å². The molecule has 1 aliphatic rings. The van der Waals surface area contributed by atoms with Crippen LogP contribution < -0.4 is 14.8 Å². The second-order valence-corrected chi connectivity index (χ2v) is 6.65. The number of aromatic nitrogens is 3. The number of para-hydroxylation sites is 1. The van der Waals surface area contributed by atoms with Crippen LogP contribution in [0.25, 0.3) is 10.9 Å². The molecule has 1 atom stereocenters. The lowest BCUT2D eigenvalue weighted by molar-refractivity contribution is -0.139. The fraction of sp³-hybridized carbons (Fsp3) is 0.278. The second kappa shape index (κ2) is 6.97. The molecule has 4 rings (SSSR count). The molecule has 3 heterocycles. The minimum absolute atomic E-state index is 0.0302. The standard InChI is InChI=1S/C18H14ClF3N4O2/c1-9-8-27-17-25-13-7-23-14(19)5-11(13)16(26-17)24-6-10-3-2-4-12(15(10)28-9)18(20,21)22/h2-5,7,9H,6,8H2,1H3,(H,24,25,26). The van der Waals surface area contributed by atoms with E-state index in [-0.39, 0.29) is 30.1 Å². The Labute approximate surface area is 162 Å². The molecular weight excluding hydrogens is 397 g/mol. The molecule has 1 aromatic carbocycles. The summed E-state index contributed by atoms with van der Waals surface area (Å²) >= 11 is 5.96. The van der Waals surface area contributed by atoms with Gasteiger partial charge in [0.15, 0.2) is 0 Å². The number of pyridine rings is 1. The third-order valence-corrected chi connectivity index (χ3v) is 4.35. The van der Waals surface area contributed by atoms with E-state index in [1.807, 2.05) is 0 Å². The fourth-order valence-corrected chi connectivity index (χ4v) is 3.04. The molecule has 3 aromatic rings. The van der Waals surface area contributed by atoms with Crippen LogP contribution in [0.2, 0.25) is 5.15 Å². The zero-order valence-electron chi connectivity index (χ0n) is 14.5. The lowest BCUT2D eigenvalue weighted by Crippen LogP contribution is -2.24. The van der Waals surface area contributed by atoms with Crippen molar-refractivity contribution in [1.29, 1.82) is 0 Å². The van der Waals surface area contributed by atoms with Crippen LogP contribution in [0, 0.1) is 0 Å². The van der Waals surface area contributed by atoms with Crippen molar-refractivity contribution in [2.45, 2.75) is 25.7 Å². The summed E-state index contributed by atoms with van der Waals surface area (Å²) in [4.78, 5) is 12.6. The average Bonchev–Trinajstić information content (AvgIpc) is 2.66. The maximum atomic E-state index is 13.5.